The van der Waals surface area contributed by atoms with Crippen molar-refractivity contribution in [2.45, 2.75) is 0 Å². The number of pyridine rings is 1. The Balaban J connectivity index is 1.38. The first-order chi connectivity index (χ1) is 13.2. The van der Waals surface area contributed by atoms with Gasteiger partial charge in [0.05, 0.1) is 17.6 Å². The molecule has 1 aliphatic heterocycles. The summed E-state index contributed by atoms with van der Waals surface area (Å²) in [6.45, 7) is 2.54. The average Bonchev–Trinajstić information content (AvgIpc) is 3.17. The third kappa shape index (κ3) is 3.85. The summed E-state index contributed by atoms with van der Waals surface area (Å²) in [5.74, 6) is 0.199. The van der Waals surface area contributed by atoms with E-state index in [4.69, 9.17) is 0 Å². The van der Waals surface area contributed by atoms with Gasteiger partial charge < -0.3 is 20.2 Å². The van der Waals surface area contributed by atoms with Crippen LogP contribution in [-0.2, 0) is 0 Å². The van der Waals surface area contributed by atoms with Gasteiger partial charge >= 0.3 is 0 Å². The predicted octanol–water partition coefficient (Wildman–Crippen LogP) is 2.95. The zero-order chi connectivity index (χ0) is 18.6. The Morgan fingerprint density at radius 2 is 1.93 bits per heavy atom. The molecule has 7 nitrogen and oxygen atoms in total. The van der Waals surface area contributed by atoms with Crippen molar-refractivity contribution in [2.24, 2.45) is 0 Å². The third-order valence-electron chi connectivity index (χ3n) is 4.43. The molecule has 27 heavy (non-hydrogen) atoms. The number of para-hydroxylation sites is 2. The summed E-state index contributed by atoms with van der Waals surface area (Å²) in [5, 5.41) is 15.6. The normalized spacial score (nSPS) is 14.2. The second kappa shape index (κ2) is 7.63. The van der Waals surface area contributed by atoms with Crippen molar-refractivity contribution in [3.8, 4) is 5.75 Å². The van der Waals surface area contributed by atoms with E-state index in [0.29, 0.717) is 37.0 Å². The first-order valence-corrected chi connectivity index (χ1v) is 9.53. The minimum absolute atomic E-state index is 0.0672. The van der Waals surface area contributed by atoms with Crippen LogP contribution in [0.15, 0.2) is 54.2 Å². The number of nitrogens with one attached hydrogen (secondary N) is 1. The number of nitrogens with zero attached hydrogens (tertiary/aromatic N) is 4. The maximum atomic E-state index is 12.7. The molecule has 0 bridgehead atoms. The summed E-state index contributed by atoms with van der Waals surface area (Å²) in [6.07, 6.45) is 3.41. The topological polar surface area (TPSA) is 81.6 Å². The molecule has 1 aliphatic rings. The standard InChI is InChI=1S/C19H19N5O2S/c25-17-6-2-1-5-16(17)23-8-10-24(11-9-23)18(26)15-13-27-19(22-15)21-14-4-3-7-20-12-14/h1-7,12-13,25H,8-11H2,(H,21,22). The van der Waals surface area contributed by atoms with E-state index < -0.39 is 0 Å². The quantitative estimate of drug-likeness (QED) is 0.723. The number of aromatic nitrogens is 2. The summed E-state index contributed by atoms with van der Waals surface area (Å²) >= 11 is 1.40. The fraction of sp³-hybridized carbons (Fsp3) is 0.211. The number of phenolic OH excluding ortho intramolecular Hbond substituents is 1. The lowest BCUT2D eigenvalue weighted by molar-refractivity contribution is 0.0741. The van der Waals surface area contributed by atoms with Gasteiger partial charge in [0.15, 0.2) is 5.13 Å². The molecule has 0 radical (unpaired) electrons. The van der Waals surface area contributed by atoms with Crippen molar-refractivity contribution >= 4 is 33.8 Å². The summed E-state index contributed by atoms with van der Waals surface area (Å²) in [4.78, 5) is 25.1. The van der Waals surface area contributed by atoms with E-state index in [-0.39, 0.29) is 11.7 Å². The highest BCUT2D eigenvalue weighted by Gasteiger charge is 2.25. The number of hydrogen-bond donors (Lipinski definition) is 2. The molecule has 4 rings (SSSR count). The van der Waals surface area contributed by atoms with Crippen LogP contribution in [0, 0.1) is 0 Å². The summed E-state index contributed by atoms with van der Waals surface area (Å²) in [6, 6.07) is 11.0. The van der Waals surface area contributed by atoms with Crippen molar-refractivity contribution in [2.75, 3.05) is 36.4 Å². The number of benzene rings is 1. The first-order valence-electron chi connectivity index (χ1n) is 8.65. The molecular weight excluding hydrogens is 362 g/mol. The van der Waals surface area contributed by atoms with Crippen molar-refractivity contribution in [3.63, 3.8) is 0 Å². The van der Waals surface area contributed by atoms with Crippen LogP contribution >= 0.6 is 11.3 Å². The van der Waals surface area contributed by atoms with Gasteiger partial charge in [0.1, 0.15) is 11.4 Å². The highest BCUT2D eigenvalue weighted by Crippen LogP contribution is 2.27. The maximum absolute atomic E-state index is 12.7. The van der Waals surface area contributed by atoms with Gasteiger partial charge in [-0.25, -0.2) is 4.98 Å². The summed E-state index contributed by atoms with van der Waals surface area (Å²) in [7, 11) is 0. The molecule has 138 valence electrons. The Kier molecular flexibility index (Phi) is 4.88. The minimum Gasteiger partial charge on any atom is -0.506 e. The zero-order valence-corrected chi connectivity index (χ0v) is 15.4. The van der Waals surface area contributed by atoms with Crippen LogP contribution in [0.5, 0.6) is 5.75 Å². The van der Waals surface area contributed by atoms with Crippen molar-refractivity contribution in [1.29, 1.82) is 0 Å². The monoisotopic (exact) mass is 381 g/mol. The SMILES string of the molecule is O=C(c1csc(Nc2cccnc2)n1)N1CCN(c2ccccc2O)CC1. The van der Waals surface area contributed by atoms with E-state index >= 15 is 0 Å². The van der Waals surface area contributed by atoms with E-state index in [1.807, 2.05) is 24.3 Å². The molecule has 0 spiro atoms. The number of anilines is 3. The number of aromatic hydroxyl groups is 1. The number of carbonyl (C=O) groups is 1. The largest absolute Gasteiger partial charge is 0.506 e. The number of carbonyl (C=O) groups excluding carboxylic acids is 1. The second-order valence-corrected chi connectivity index (χ2v) is 7.03. The zero-order valence-electron chi connectivity index (χ0n) is 14.6. The number of phenols is 1. The molecule has 0 aliphatic carbocycles. The highest BCUT2D eigenvalue weighted by molar-refractivity contribution is 7.14. The van der Waals surface area contributed by atoms with E-state index in [0.717, 1.165) is 11.4 Å². The third-order valence-corrected chi connectivity index (χ3v) is 5.18. The molecule has 8 heteroatoms. The first kappa shape index (κ1) is 17.3. The van der Waals surface area contributed by atoms with Gasteiger partial charge in [0, 0.05) is 37.8 Å². The van der Waals surface area contributed by atoms with Crippen molar-refractivity contribution in [1.82, 2.24) is 14.9 Å². The lowest BCUT2D eigenvalue weighted by Gasteiger charge is -2.36. The molecule has 2 N–H and O–H groups in total. The Bertz CT molecular complexity index is 923. The van der Waals surface area contributed by atoms with Gasteiger partial charge in [-0.2, -0.15) is 0 Å². The highest BCUT2D eigenvalue weighted by atomic mass is 32.1. The molecule has 0 unspecified atom stereocenters. The Hall–Kier alpha value is -3.13. The average molecular weight is 381 g/mol. The lowest BCUT2D eigenvalue weighted by atomic mass is 10.2. The van der Waals surface area contributed by atoms with Gasteiger partial charge in [-0.15, -0.1) is 11.3 Å². The van der Waals surface area contributed by atoms with Crippen LogP contribution in [0.4, 0.5) is 16.5 Å². The van der Waals surface area contributed by atoms with Gasteiger partial charge in [0.2, 0.25) is 0 Å². The van der Waals surface area contributed by atoms with Gasteiger partial charge in [-0.3, -0.25) is 9.78 Å². The van der Waals surface area contributed by atoms with Crippen LogP contribution in [0.3, 0.4) is 0 Å². The number of piperazine rings is 1. The number of rotatable bonds is 4. The fourth-order valence-corrected chi connectivity index (χ4v) is 3.74. The number of thiazole rings is 1. The second-order valence-electron chi connectivity index (χ2n) is 6.17. The van der Waals surface area contributed by atoms with Crippen molar-refractivity contribution < 1.29 is 9.90 Å². The number of amides is 1. The smallest absolute Gasteiger partial charge is 0.273 e. The molecular formula is C19H19N5O2S. The summed E-state index contributed by atoms with van der Waals surface area (Å²) in [5.41, 5.74) is 2.09. The molecule has 1 amide bonds. The van der Waals surface area contributed by atoms with E-state index in [9.17, 15) is 9.90 Å². The van der Waals surface area contributed by atoms with Crippen molar-refractivity contribution in [3.05, 3.63) is 59.9 Å². The molecule has 0 saturated carbocycles. The van der Waals surface area contributed by atoms with Gasteiger partial charge in [-0.05, 0) is 24.3 Å². The van der Waals surface area contributed by atoms with Crippen LogP contribution in [0.1, 0.15) is 10.5 Å². The van der Waals surface area contributed by atoms with Crippen LogP contribution in [-0.4, -0.2) is 52.1 Å². The molecule has 1 aromatic carbocycles. The van der Waals surface area contributed by atoms with Gasteiger partial charge in [-0.1, -0.05) is 12.1 Å². The van der Waals surface area contributed by atoms with Crippen LogP contribution in [0.2, 0.25) is 0 Å². The Labute approximate surface area is 160 Å². The lowest BCUT2D eigenvalue weighted by Crippen LogP contribution is -2.48. The van der Waals surface area contributed by atoms with Crippen LogP contribution < -0.4 is 10.2 Å². The van der Waals surface area contributed by atoms with E-state index in [1.165, 1.54) is 11.3 Å². The molecule has 1 saturated heterocycles. The Morgan fingerprint density at radius 1 is 1.11 bits per heavy atom. The molecule has 0 atom stereocenters. The minimum atomic E-state index is -0.0672. The Morgan fingerprint density at radius 3 is 2.67 bits per heavy atom. The predicted molar refractivity (Wildman–Crippen MR) is 106 cm³/mol. The summed E-state index contributed by atoms with van der Waals surface area (Å²) < 4.78 is 0. The maximum Gasteiger partial charge on any atom is 0.273 e. The van der Waals surface area contributed by atoms with Crippen LogP contribution in [0.25, 0.3) is 0 Å². The molecule has 3 aromatic rings. The van der Waals surface area contributed by atoms with Gasteiger partial charge in [0.25, 0.3) is 5.91 Å². The fourth-order valence-electron chi connectivity index (χ4n) is 3.03. The van der Waals surface area contributed by atoms with E-state index in [2.05, 4.69) is 20.2 Å². The molecule has 1 fully saturated rings. The molecule has 3 heterocycles. The van der Waals surface area contributed by atoms with E-state index in [1.54, 1.807) is 34.8 Å². The number of hydrogen-bond acceptors (Lipinski definition) is 7. The molecule has 2 aromatic heterocycles.